The predicted molar refractivity (Wildman–Crippen MR) is 64.1 cm³/mol. The molecule has 1 aliphatic heterocycles. The Bertz CT molecular complexity index is 236. The highest BCUT2D eigenvalue weighted by Crippen LogP contribution is 2.17. The van der Waals surface area contributed by atoms with E-state index in [4.69, 9.17) is 10.5 Å². The zero-order valence-electron chi connectivity index (χ0n) is 10.7. The fourth-order valence-electron chi connectivity index (χ4n) is 1.94. The first-order valence-electron chi connectivity index (χ1n) is 6.07. The molecule has 1 saturated heterocycles. The molecule has 94 valence electrons. The van der Waals surface area contributed by atoms with Crippen LogP contribution in [0.4, 0.5) is 0 Å². The minimum Gasteiger partial charge on any atom is -0.366 e. The molecule has 2 N–H and O–H groups in total. The quantitative estimate of drug-likeness (QED) is 0.788. The third-order valence-corrected chi connectivity index (χ3v) is 2.85. The lowest BCUT2D eigenvalue weighted by Gasteiger charge is -2.35. The number of piperidine rings is 1. The van der Waals surface area contributed by atoms with E-state index < -0.39 is 0 Å². The van der Waals surface area contributed by atoms with Crippen molar-refractivity contribution in [3.05, 3.63) is 0 Å². The molecule has 0 spiro atoms. The number of hydrogen-bond donors (Lipinski definition) is 1. The molecule has 0 radical (unpaired) electrons. The molecule has 0 bridgehead atoms. The Morgan fingerprint density at radius 2 is 2.12 bits per heavy atom. The van der Waals surface area contributed by atoms with Crippen LogP contribution in [0, 0.1) is 0 Å². The number of carbonyl (C=O) groups excluding carboxylic acids is 1. The molecule has 0 aromatic heterocycles. The van der Waals surface area contributed by atoms with Gasteiger partial charge in [0, 0.05) is 19.1 Å². The van der Waals surface area contributed by atoms with E-state index in [-0.39, 0.29) is 24.2 Å². The number of nitrogens with zero attached hydrogens (tertiary/aromatic N) is 1. The highest BCUT2D eigenvalue weighted by Gasteiger charge is 2.26. The zero-order chi connectivity index (χ0) is 12.2. The van der Waals surface area contributed by atoms with Gasteiger partial charge >= 0.3 is 0 Å². The van der Waals surface area contributed by atoms with Crippen molar-refractivity contribution in [2.24, 2.45) is 5.73 Å². The smallest absolute Gasteiger partial charge is 0.248 e. The monoisotopic (exact) mass is 228 g/mol. The van der Waals surface area contributed by atoms with E-state index in [1.165, 1.54) is 6.42 Å². The van der Waals surface area contributed by atoms with Crippen molar-refractivity contribution in [3.8, 4) is 0 Å². The summed E-state index contributed by atoms with van der Waals surface area (Å²) in [5.41, 5.74) is 5.42. The van der Waals surface area contributed by atoms with Crippen molar-refractivity contribution < 1.29 is 9.53 Å². The normalized spacial score (nSPS) is 22.2. The van der Waals surface area contributed by atoms with Crippen molar-refractivity contribution in [3.63, 3.8) is 0 Å². The van der Waals surface area contributed by atoms with Gasteiger partial charge in [0.15, 0.2) is 0 Å². The fraction of sp³-hybridized carbons (Fsp3) is 0.917. The van der Waals surface area contributed by atoms with Gasteiger partial charge in [0.1, 0.15) is 6.61 Å². The van der Waals surface area contributed by atoms with E-state index in [1.54, 1.807) is 0 Å². The third-order valence-electron chi connectivity index (χ3n) is 2.85. The molecule has 16 heavy (non-hydrogen) atoms. The topological polar surface area (TPSA) is 55.6 Å². The Kier molecular flexibility index (Phi) is 4.74. The van der Waals surface area contributed by atoms with Crippen LogP contribution in [-0.2, 0) is 9.53 Å². The van der Waals surface area contributed by atoms with Crippen molar-refractivity contribution >= 4 is 5.91 Å². The van der Waals surface area contributed by atoms with Crippen LogP contribution in [0.25, 0.3) is 0 Å². The molecule has 1 heterocycles. The zero-order valence-corrected chi connectivity index (χ0v) is 10.7. The van der Waals surface area contributed by atoms with Crippen LogP contribution in [0.5, 0.6) is 0 Å². The molecule has 4 heteroatoms. The summed E-state index contributed by atoms with van der Waals surface area (Å²) in [7, 11) is 0. The lowest BCUT2D eigenvalue weighted by atomic mass is 10.0. The highest BCUT2D eigenvalue weighted by molar-refractivity contribution is 5.78. The number of likely N-dealkylation sites (tertiary alicyclic amines) is 1. The number of rotatable bonds is 3. The van der Waals surface area contributed by atoms with E-state index in [0.717, 1.165) is 19.4 Å². The number of hydrogen-bond acceptors (Lipinski definition) is 3. The van der Waals surface area contributed by atoms with Crippen LogP contribution in [0.15, 0.2) is 0 Å². The first kappa shape index (κ1) is 13.5. The number of nitrogens with two attached hydrogens (primary N) is 1. The summed E-state index contributed by atoms with van der Waals surface area (Å²) in [5, 5.41) is 0. The molecule has 1 unspecified atom stereocenters. The van der Waals surface area contributed by atoms with Crippen LogP contribution in [0.3, 0.4) is 0 Å². The van der Waals surface area contributed by atoms with E-state index in [1.807, 2.05) is 25.7 Å². The molecule has 1 atom stereocenters. The van der Waals surface area contributed by atoms with Gasteiger partial charge < -0.3 is 15.4 Å². The first-order valence-corrected chi connectivity index (χ1v) is 6.07. The summed E-state index contributed by atoms with van der Waals surface area (Å²) in [6.07, 6.45) is 3.28. The summed E-state index contributed by atoms with van der Waals surface area (Å²) in [5.74, 6) is 0.0741. The van der Waals surface area contributed by atoms with E-state index >= 15 is 0 Å². The van der Waals surface area contributed by atoms with Crippen molar-refractivity contribution in [1.82, 2.24) is 4.90 Å². The predicted octanol–water partition coefficient (Wildman–Crippen LogP) is 1.14. The lowest BCUT2D eigenvalue weighted by Crippen LogP contribution is -2.49. The van der Waals surface area contributed by atoms with Gasteiger partial charge in [-0.2, -0.15) is 0 Å². The molecule has 4 nitrogen and oxygen atoms in total. The minimum absolute atomic E-state index is 0.0741. The maximum Gasteiger partial charge on any atom is 0.248 e. The first-order chi connectivity index (χ1) is 7.44. The van der Waals surface area contributed by atoms with Crippen molar-refractivity contribution in [2.75, 3.05) is 19.7 Å². The average molecular weight is 228 g/mol. The second-order valence-electron chi connectivity index (χ2n) is 5.37. The SMILES string of the molecule is CC(C)(C)OCC(=O)N1CCCCC1CN. The maximum absolute atomic E-state index is 12.0. The Morgan fingerprint density at radius 1 is 1.44 bits per heavy atom. The molecule has 1 fully saturated rings. The third kappa shape index (κ3) is 4.10. The Labute approximate surface area is 98.1 Å². The highest BCUT2D eigenvalue weighted by atomic mass is 16.5. The van der Waals surface area contributed by atoms with Gasteiger partial charge in [-0.15, -0.1) is 0 Å². The van der Waals surface area contributed by atoms with E-state index in [9.17, 15) is 4.79 Å². The van der Waals surface area contributed by atoms with Gasteiger partial charge in [-0.3, -0.25) is 4.79 Å². The number of carbonyl (C=O) groups is 1. The van der Waals surface area contributed by atoms with Crippen molar-refractivity contribution in [1.29, 1.82) is 0 Å². The van der Waals surface area contributed by atoms with Gasteiger partial charge in [0.2, 0.25) is 5.91 Å². The number of ether oxygens (including phenoxy) is 1. The van der Waals surface area contributed by atoms with Crippen LogP contribution in [0.2, 0.25) is 0 Å². The summed E-state index contributed by atoms with van der Waals surface area (Å²) in [4.78, 5) is 13.8. The molecule has 0 aromatic rings. The number of amides is 1. The molecule has 1 rings (SSSR count). The molecule has 1 amide bonds. The average Bonchev–Trinajstić information content (AvgIpc) is 2.25. The standard InChI is InChI=1S/C12H24N2O2/c1-12(2,3)16-9-11(15)14-7-5-4-6-10(14)8-13/h10H,4-9,13H2,1-3H3. The second-order valence-corrected chi connectivity index (χ2v) is 5.37. The molecule has 1 aliphatic rings. The van der Waals surface area contributed by atoms with Gasteiger partial charge in [-0.1, -0.05) is 0 Å². The summed E-state index contributed by atoms with van der Waals surface area (Å²) >= 11 is 0. The van der Waals surface area contributed by atoms with Gasteiger partial charge in [0.25, 0.3) is 0 Å². The van der Waals surface area contributed by atoms with Crippen LogP contribution in [0.1, 0.15) is 40.0 Å². The minimum atomic E-state index is -0.260. The molecule has 0 aliphatic carbocycles. The van der Waals surface area contributed by atoms with E-state index in [0.29, 0.717) is 6.54 Å². The van der Waals surface area contributed by atoms with Gasteiger partial charge in [-0.05, 0) is 40.0 Å². The fourth-order valence-corrected chi connectivity index (χ4v) is 1.94. The van der Waals surface area contributed by atoms with Crippen LogP contribution in [-0.4, -0.2) is 42.1 Å². The van der Waals surface area contributed by atoms with E-state index in [2.05, 4.69) is 0 Å². The van der Waals surface area contributed by atoms with Crippen LogP contribution >= 0.6 is 0 Å². The van der Waals surface area contributed by atoms with Crippen molar-refractivity contribution in [2.45, 2.75) is 51.7 Å². The Hall–Kier alpha value is -0.610. The summed E-state index contributed by atoms with van der Waals surface area (Å²) in [6.45, 7) is 7.42. The molecular weight excluding hydrogens is 204 g/mol. The molecular formula is C12H24N2O2. The molecule has 0 saturated carbocycles. The van der Waals surface area contributed by atoms with Gasteiger partial charge in [-0.25, -0.2) is 0 Å². The largest absolute Gasteiger partial charge is 0.366 e. The Morgan fingerprint density at radius 3 is 2.69 bits per heavy atom. The Balaban J connectivity index is 2.45. The summed E-state index contributed by atoms with van der Waals surface area (Å²) in [6, 6.07) is 0.213. The summed E-state index contributed by atoms with van der Waals surface area (Å²) < 4.78 is 5.51. The second kappa shape index (κ2) is 5.64. The van der Waals surface area contributed by atoms with Gasteiger partial charge in [0.05, 0.1) is 5.60 Å². The maximum atomic E-state index is 12.0. The molecule has 0 aromatic carbocycles. The lowest BCUT2D eigenvalue weighted by molar-refractivity contribution is -0.144. The van der Waals surface area contributed by atoms with Crippen LogP contribution < -0.4 is 5.73 Å².